The number of allylic oxidation sites excluding steroid dienone is 2. The van der Waals surface area contributed by atoms with Gasteiger partial charge in [-0.3, -0.25) is 0 Å². The summed E-state index contributed by atoms with van der Waals surface area (Å²) >= 11 is 3.72. The molecule has 1 aliphatic heterocycles. The van der Waals surface area contributed by atoms with Crippen LogP contribution < -0.4 is 4.40 Å². The molecule has 0 bridgehead atoms. The van der Waals surface area contributed by atoms with E-state index in [0.29, 0.717) is 0 Å². The van der Waals surface area contributed by atoms with Crippen molar-refractivity contribution in [3.8, 4) is 0 Å². The summed E-state index contributed by atoms with van der Waals surface area (Å²) in [6.07, 6.45) is 0. The van der Waals surface area contributed by atoms with Crippen LogP contribution in [0.3, 0.4) is 0 Å². The summed E-state index contributed by atoms with van der Waals surface area (Å²) in [5.74, 6) is 0. The van der Waals surface area contributed by atoms with Gasteiger partial charge >= 0.3 is 196 Å². The molecule has 0 nitrogen and oxygen atoms in total. The first kappa shape index (κ1) is 20.4. The summed E-state index contributed by atoms with van der Waals surface area (Å²) in [7, 11) is 7.78. The molecule has 1 aliphatic rings. The zero-order valence-corrected chi connectivity index (χ0v) is 20.4. The Morgan fingerprint density at radius 2 is 0.839 bits per heavy atom. The molecule has 0 aromatic heterocycles. The van der Waals surface area contributed by atoms with Gasteiger partial charge in [-0.1, -0.05) is 0 Å². The van der Waals surface area contributed by atoms with E-state index in [9.17, 15) is 0 Å². The molecule has 0 aliphatic carbocycles. The molecule has 0 amide bonds. The third-order valence-electron chi connectivity index (χ3n) is 5.73. The Hall–Kier alpha value is -2.52. The molecule has 0 fully saturated rings. The van der Waals surface area contributed by atoms with Crippen molar-refractivity contribution in [2.75, 3.05) is 0 Å². The third kappa shape index (κ3) is 3.49. The van der Waals surface area contributed by atoms with Crippen LogP contribution in [0.4, 0.5) is 0 Å². The molecule has 0 N–H and O–H groups in total. The van der Waals surface area contributed by atoms with Crippen molar-refractivity contribution in [1.29, 1.82) is 0 Å². The van der Waals surface area contributed by atoms with Gasteiger partial charge in [0.15, 0.2) is 0 Å². The first-order valence-electron chi connectivity index (χ1n) is 10.3. The molecule has 0 saturated carbocycles. The van der Waals surface area contributed by atoms with Crippen molar-refractivity contribution in [1.82, 2.24) is 0 Å². The van der Waals surface area contributed by atoms with Gasteiger partial charge in [-0.15, -0.1) is 0 Å². The fourth-order valence-corrected chi connectivity index (χ4v) is 14.5. The topological polar surface area (TPSA) is 0 Å². The monoisotopic (exact) mass is 500 g/mol. The van der Waals surface area contributed by atoms with Gasteiger partial charge in [-0.05, 0) is 0 Å². The Morgan fingerprint density at radius 3 is 1.32 bits per heavy atom. The Balaban J connectivity index is 1.92. The zero-order valence-electron chi connectivity index (χ0n) is 16.8. The fraction of sp³-hybridized carbons (Fsp3) is 0. The molecule has 0 radical (unpaired) electrons. The van der Waals surface area contributed by atoms with Gasteiger partial charge in [-0.25, -0.2) is 0 Å². The van der Waals surface area contributed by atoms with E-state index in [1.807, 2.05) is 24.3 Å². The quantitative estimate of drug-likeness (QED) is 0.256. The van der Waals surface area contributed by atoms with Crippen LogP contribution in [0.5, 0.6) is 0 Å². The summed E-state index contributed by atoms with van der Waals surface area (Å²) in [6.45, 7) is 0. The molecule has 0 spiro atoms. The minimum absolute atomic E-state index is 0.816. The maximum atomic E-state index is 7.78. The van der Waals surface area contributed by atoms with E-state index in [1.165, 1.54) is 4.41 Å². The van der Waals surface area contributed by atoms with Crippen LogP contribution in [0.2, 0.25) is 0 Å². The van der Waals surface area contributed by atoms with Crippen molar-refractivity contribution in [2.45, 2.75) is 0 Å². The molecule has 1 heterocycles. The Morgan fingerprint density at radius 1 is 0.452 bits per heavy atom. The van der Waals surface area contributed by atoms with Gasteiger partial charge in [0.05, 0.1) is 0 Å². The average molecular weight is 500 g/mol. The van der Waals surface area contributed by atoms with Crippen LogP contribution in [-0.4, -0.2) is 12.3 Å². The van der Waals surface area contributed by atoms with E-state index in [1.54, 1.807) is 0 Å². The fourth-order valence-electron chi connectivity index (χ4n) is 4.35. The molecule has 0 saturated heterocycles. The molecule has 150 valence electrons. The first-order chi connectivity index (χ1) is 15.2. The first-order valence-corrected chi connectivity index (χ1v) is 16.6. The van der Waals surface area contributed by atoms with Gasteiger partial charge in [0, 0.05) is 0 Å². The number of halogens is 2. The van der Waals surface area contributed by atoms with Crippen LogP contribution >= 0.6 is 21.6 Å². The molecule has 4 aromatic carbocycles. The molecule has 3 heteroatoms. The van der Waals surface area contributed by atoms with E-state index in [0.717, 1.165) is 36.1 Å². The van der Waals surface area contributed by atoms with E-state index >= 15 is 0 Å². The maximum absolute atomic E-state index is 7.78. The number of hydrogen-bond donors (Lipinski definition) is 0. The standard InChI is InChI=1S/C28H20Cl2Ge/c29-28-26(22-15-7-2-8-16-22)25(21-13-5-1-6-14-21)27(23-17-9-3-10-18-23)31(28,30)24-19-11-4-12-20-24/h1-20H. The van der Waals surface area contributed by atoms with Crippen LogP contribution in [0, 0.1) is 0 Å². The van der Waals surface area contributed by atoms with Crippen molar-refractivity contribution < 1.29 is 0 Å². The van der Waals surface area contributed by atoms with Gasteiger partial charge in [0.2, 0.25) is 0 Å². The second-order valence-electron chi connectivity index (χ2n) is 7.56. The summed E-state index contributed by atoms with van der Waals surface area (Å²) in [4.78, 5) is 0. The summed E-state index contributed by atoms with van der Waals surface area (Å²) in [5.41, 5.74) is 5.60. The Kier molecular flexibility index (Phi) is 5.62. The van der Waals surface area contributed by atoms with Crippen molar-refractivity contribution in [2.24, 2.45) is 0 Å². The number of rotatable bonds is 4. The normalized spacial score (nSPS) is 18.5. The minimum atomic E-state index is -3.61. The molecule has 5 rings (SSSR count). The summed E-state index contributed by atoms with van der Waals surface area (Å²) in [6, 6.07) is 41.8. The number of hydrogen-bond acceptors (Lipinski definition) is 0. The van der Waals surface area contributed by atoms with Gasteiger partial charge in [0.25, 0.3) is 0 Å². The van der Waals surface area contributed by atoms with Crippen LogP contribution in [0.25, 0.3) is 15.6 Å². The SMILES string of the molecule is Cl[C]1=C(c2ccccc2)C(c2ccccc2)=[C](c2ccccc2)[Ge]1([Cl])[c]1ccccc1. The molecule has 1 atom stereocenters. The van der Waals surface area contributed by atoms with E-state index in [-0.39, 0.29) is 0 Å². The van der Waals surface area contributed by atoms with E-state index < -0.39 is 12.3 Å². The summed E-state index contributed by atoms with van der Waals surface area (Å²) in [5, 5.41) is 0. The van der Waals surface area contributed by atoms with E-state index in [4.69, 9.17) is 21.6 Å². The molecular weight excluding hydrogens is 480 g/mol. The second-order valence-corrected chi connectivity index (χ2v) is 17.6. The molecule has 4 aromatic rings. The Labute approximate surface area is 195 Å². The molecular formula is C28H20Cl2Ge. The second kappa shape index (κ2) is 8.55. The average Bonchev–Trinajstić information content (AvgIpc) is 3.09. The Bertz CT molecular complexity index is 1260. The number of benzene rings is 4. The van der Waals surface area contributed by atoms with Crippen molar-refractivity contribution in [3.05, 3.63) is 142 Å². The van der Waals surface area contributed by atoms with Crippen molar-refractivity contribution >= 4 is 53.9 Å². The summed E-state index contributed by atoms with van der Waals surface area (Å²) < 4.78 is 3.16. The zero-order chi connectivity index (χ0) is 21.3. The third-order valence-corrected chi connectivity index (χ3v) is 17.7. The van der Waals surface area contributed by atoms with Gasteiger partial charge < -0.3 is 0 Å². The van der Waals surface area contributed by atoms with Crippen LogP contribution in [0.1, 0.15) is 16.7 Å². The van der Waals surface area contributed by atoms with Gasteiger partial charge in [-0.2, -0.15) is 0 Å². The molecule has 31 heavy (non-hydrogen) atoms. The predicted octanol–water partition coefficient (Wildman–Crippen LogP) is 7.43. The van der Waals surface area contributed by atoms with Gasteiger partial charge in [0.1, 0.15) is 0 Å². The molecule has 1 unspecified atom stereocenters. The van der Waals surface area contributed by atoms with Crippen LogP contribution in [-0.2, 0) is 0 Å². The van der Waals surface area contributed by atoms with E-state index in [2.05, 4.69) is 97.1 Å². The van der Waals surface area contributed by atoms with Crippen molar-refractivity contribution in [3.63, 3.8) is 0 Å². The van der Waals surface area contributed by atoms with Crippen LogP contribution in [0.15, 0.2) is 125 Å². The predicted molar refractivity (Wildman–Crippen MR) is 137 cm³/mol.